The Labute approximate surface area is 145 Å². The van der Waals surface area contributed by atoms with Gasteiger partial charge in [-0.05, 0) is 37.1 Å². The first-order chi connectivity index (χ1) is 12.1. The molecule has 0 aliphatic carbocycles. The summed E-state index contributed by atoms with van der Waals surface area (Å²) in [4.78, 5) is 14.5. The first-order valence-corrected chi connectivity index (χ1v) is 8.32. The van der Waals surface area contributed by atoms with Gasteiger partial charge in [-0.3, -0.25) is 9.89 Å². The van der Waals surface area contributed by atoms with Gasteiger partial charge in [0.1, 0.15) is 23.8 Å². The van der Waals surface area contributed by atoms with Crippen LogP contribution in [0, 0.1) is 5.82 Å². The largest absolute Gasteiger partial charge is 0.491 e. The van der Waals surface area contributed by atoms with Crippen molar-refractivity contribution in [2.24, 2.45) is 0 Å². The second-order valence-electron chi connectivity index (χ2n) is 6.22. The summed E-state index contributed by atoms with van der Waals surface area (Å²) in [6, 6.07) is 5.86. The van der Waals surface area contributed by atoms with Crippen LogP contribution in [0.4, 0.5) is 4.39 Å². The van der Waals surface area contributed by atoms with Gasteiger partial charge < -0.3 is 14.4 Å². The van der Waals surface area contributed by atoms with Gasteiger partial charge in [0.15, 0.2) is 0 Å². The summed E-state index contributed by atoms with van der Waals surface area (Å²) in [5.41, 5.74) is 0.872. The van der Waals surface area contributed by atoms with Gasteiger partial charge in [-0.15, -0.1) is 0 Å². The van der Waals surface area contributed by atoms with Gasteiger partial charge in [-0.2, -0.15) is 5.10 Å². The van der Waals surface area contributed by atoms with Crippen molar-refractivity contribution in [2.45, 2.75) is 25.4 Å². The number of methoxy groups -OCH3 is 1. The minimum Gasteiger partial charge on any atom is -0.491 e. The van der Waals surface area contributed by atoms with Crippen molar-refractivity contribution in [3.05, 3.63) is 47.5 Å². The van der Waals surface area contributed by atoms with Crippen LogP contribution >= 0.6 is 0 Å². The van der Waals surface area contributed by atoms with Gasteiger partial charge in [-0.25, -0.2) is 4.39 Å². The number of aromatic amines is 1. The average molecular weight is 347 g/mol. The van der Waals surface area contributed by atoms with Gasteiger partial charge in [0, 0.05) is 19.3 Å². The minimum atomic E-state index is -0.569. The molecule has 1 unspecified atom stereocenters. The summed E-state index contributed by atoms with van der Waals surface area (Å²) in [5, 5.41) is 6.83. The van der Waals surface area contributed by atoms with Gasteiger partial charge >= 0.3 is 0 Å². The predicted molar refractivity (Wildman–Crippen MR) is 90.1 cm³/mol. The lowest BCUT2D eigenvalue weighted by Crippen LogP contribution is -2.42. The van der Waals surface area contributed by atoms with Gasteiger partial charge in [0.2, 0.25) is 0 Å². The number of benzene rings is 1. The van der Waals surface area contributed by atoms with E-state index < -0.39 is 5.60 Å². The zero-order chi connectivity index (χ0) is 17.9. The fourth-order valence-electron chi connectivity index (χ4n) is 3.04. The van der Waals surface area contributed by atoms with E-state index in [2.05, 4.69) is 10.2 Å². The molecule has 3 rings (SSSR count). The van der Waals surface area contributed by atoms with Gasteiger partial charge in [-0.1, -0.05) is 6.92 Å². The van der Waals surface area contributed by atoms with Crippen LogP contribution in [0.1, 0.15) is 29.4 Å². The Hall–Kier alpha value is -2.41. The lowest BCUT2D eigenvalue weighted by molar-refractivity contribution is -0.0342. The third-order valence-corrected chi connectivity index (χ3v) is 4.65. The maximum absolute atomic E-state index is 13.0. The Kier molecular flexibility index (Phi) is 5.03. The molecule has 1 amide bonds. The maximum atomic E-state index is 13.0. The predicted octanol–water partition coefficient (Wildman–Crippen LogP) is 2.42. The summed E-state index contributed by atoms with van der Waals surface area (Å²) >= 11 is 0. The van der Waals surface area contributed by atoms with Crippen molar-refractivity contribution >= 4 is 5.91 Å². The molecule has 1 fully saturated rings. The van der Waals surface area contributed by atoms with E-state index in [-0.39, 0.29) is 11.7 Å². The van der Waals surface area contributed by atoms with Crippen LogP contribution in [-0.4, -0.2) is 53.4 Å². The van der Waals surface area contributed by atoms with Crippen LogP contribution in [-0.2, 0) is 11.2 Å². The van der Waals surface area contributed by atoms with E-state index >= 15 is 0 Å². The van der Waals surface area contributed by atoms with E-state index in [0.717, 1.165) is 12.1 Å². The lowest BCUT2D eigenvalue weighted by atomic mass is 10.0. The number of rotatable bonds is 6. The fraction of sp³-hybridized carbons (Fsp3) is 0.444. The maximum Gasteiger partial charge on any atom is 0.257 e. The van der Waals surface area contributed by atoms with E-state index in [1.165, 1.54) is 12.1 Å². The molecule has 6 nitrogen and oxygen atoms in total. The highest BCUT2D eigenvalue weighted by Gasteiger charge is 2.41. The minimum absolute atomic E-state index is 0.0497. The summed E-state index contributed by atoms with van der Waals surface area (Å²) in [5.74, 6) is 0.218. The number of nitrogens with one attached hydrogen (secondary N) is 1. The highest BCUT2D eigenvalue weighted by Crippen LogP contribution is 2.28. The molecular formula is C18H22FN3O3. The number of likely N-dealkylation sites (tertiary alicyclic amines) is 1. The Balaban J connectivity index is 1.65. The average Bonchev–Trinajstić information content (AvgIpc) is 3.28. The SMILES string of the molecule is CCc1[nH]ncc1C(=O)N1CCC(COc2ccc(F)cc2)(OC)C1. The number of hydrogen-bond acceptors (Lipinski definition) is 4. The van der Waals surface area contributed by atoms with Crippen molar-refractivity contribution in [1.29, 1.82) is 0 Å². The molecule has 0 bridgehead atoms. The van der Waals surface area contributed by atoms with E-state index in [0.29, 0.717) is 37.4 Å². The Bertz CT molecular complexity index is 731. The molecule has 1 atom stereocenters. The molecule has 0 radical (unpaired) electrons. The standard InChI is InChI=1S/C18H22FN3O3/c1-3-16-15(10-20-21-16)17(23)22-9-8-18(11-22,24-2)12-25-14-6-4-13(19)5-7-14/h4-7,10H,3,8-9,11-12H2,1-2H3,(H,20,21). The number of nitrogens with zero attached hydrogens (tertiary/aromatic N) is 2. The third-order valence-electron chi connectivity index (χ3n) is 4.65. The number of hydrogen-bond donors (Lipinski definition) is 1. The van der Waals surface area contributed by atoms with Crippen molar-refractivity contribution < 1.29 is 18.7 Å². The molecule has 1 aromatic heterocycles. The zero-order valence-electron chi connectivity index (χ0n) is 14.4. The normalized spacial score (nSPS) is 20.0. The van der Waals surface area contributed by atoms with Crippen LogP contribution in [0.2, 0.25) is 0 Å². The number of carbonyl (C=O) groups is 1. The lowest BCUT2D eigenvalue weighted by Gasteiger charge is -2.27. The van der Waals surface area contributed by atoms with Crippen LogP contribution in [0.5, 0.6) is 5.75 Å². The fourth-order valence-corrected chi connectivity index (χ4v) is 3.04. The van der Waals surface area contributed by atoms with E-state index in [9.17, 15) is 9.18 Å². The highest BCUT2D eigenvalue weighted by molar-refractivity contribution is 5.95. The first-order valence-electron chi connectivity index (χ1n) is 8.32. The number of carbonyl (C=O) groups excluding carboxylic acids is 1. The molecule has 1 aliphatic heterocycles. The summed E-state index contributed by atoms with van der Waals surface area (Å²) in [6.45, 7) is 3.31. The molecule has 1 saturated heterocycles. The molecule has 1 aliphatic rings. The van der Waals surface area contributed by atoms with Crippen molar-refractivity contribution in [1.82, 2.24) is 15.1 Å². The number of H-pyrrole nitrogens is 1. The van der Waals surface area contributed by atoms with Crippen molar-refractivity contribution in [3.63, 3.8) is 0 Å². The van der Waals surface area contributed by atoms with Crippen LogP contribution in [0.3, 0.4) is 0 Å². The number of aryl methyl sites for hydroxylation is 1. The Morgan fingerprint density at radius 2 is 2.16 bits per heavy atom. The third kappa shape index (κ3) is 3.66. The molecule has 0 saturated carbocycles. The summed E-state index contributed by atoms with van der Waals surface area (Å²) < 4.78 is 24.4. The van der Waals surface area contributed by atoms with Crippen molar-refractivity contribution in [3.8, 4) is 5.75 Å². The van der Waals surface area contributed by atoms with E-state index in [1.807, 2.05) is 6.92 Å². The van der Waals surface area contributed by atoms with E-state index in [4.69, 9.17) is 9.47 Å². The van der Waals surface area contributed by atoms with Crippen LogP contribution in [0.25, 0.3) is 0 Å². The second-order valence-corrected chi connectivity index (χ2v) is 6.22. The second kappa shape index (κ2) is 7.23. The topological polar surface area (TPSA) is 67.5 Å². The Morgan fingerprint density at radius 3 is 2.84 bits per heavy atom. The molecule has 2 aromatic rings. The van der Waals surface area contributed by atoms with Crippen molar-refractivity contribution in [2.75, 3.05) is 26.8 Å². The van der Waals surface area contributed by atoms with Crippen LogP contribution < -0.4 is 4.74 Å². The Morgan fingerprint density at radius 1 is 1.40 bits per heavy atom. The van der Waals surface area contributed by atoms with E-state index in [1.54, 1.807) is 30.3 Å². The number of aromatic nitrogens is 2. The molecule has 1 N–H and O–H groups in total. The summed E-state index contributed by atoms with van der Waals surface area (Å²) in [7, 11) is 1.62. The van der Waals surface area contributed by atoms with Gasteiger partial charge in [0.25, 0.3) is 5.91 Å². The van der Waals surface area contributed by atoms with Crippen LogP contribution in [0.15, 0.2) is 30.5 Å². The molecule has 134 valence electrons. The molecule has 25 heavy (non-hydrogen) atoms. The number of halogens is 1. The van der Waals surface area contributed by atoms with Gasteiger partial charge in [0.05, 0.1) is 18.3 Å². The number of ether oxygens (including phenoxy) is 2. The molecular weight excluding hydrogens is 325 g/mol. The highest BCUT2D eigenvalue weighted by atomic mass is 19.1. The first kappa shape index (κ1) is 17.4. The zero-order valence-corrected chi connectivity index (χ0v) is 14.4. The molecule has 0 spiro atoms. The summed E-state index contributed by atoms with van der Waals surface area (Å²) in [6.07, 6.45) is 2.97. The quantitative estimate of drug-likeness (QED) is 0.871. The molecule has 2 heterocycles. The number of amides is 1. The molecule has 7 heteroatoms. The molecule has 1 aromatic carbocycles. The monoisotopic (exact) mass is 347 g/mol. The smallest absolute Gasteiger partial charge is 0.257 e.